The number of rotatable bonds is 4. The van der Waals surface area contributed by atoms with Crippen LogP contribution < -0.4 is 20.6 Å². The molecule has 2 aliphatic heterocycles. The largest absolute Gasteiger partial charge is 0.455 e. The van der Waals surface area contributed by atoms with Crippen molar-refractivity contribution in [3.8, 4) is 27.9 Å². The number of hydrogen-bond donors (Lipinski definition) is 0. The van der Waals surface area contributed by atoms with Gasteiger partial charge in [-0.05, 0) is 173 Å². The molecule has 1 aliphatic carbocycles. The summed E-state index contributed by atoms with van der Waals surface area (Å²) in [5.41, 5.74) is 27.8. The highest BCUT2D eigenvalue weighted by atomic mass is 16.3. The maximum absolute atomic E-state index is 7.48. The lowest BCUT2D eigenvalue weighted by Gasteiger charge is -2.43. The molecule has 9 aromatic carbocycles. The molecule has 4 nitrogen and oxygen atoms in total. The van der Waals surface area contributed by atoms with Gasteiger partial charge < -0.3 is 18.7 Å². The average Bonchev–Trinajstić information content (AvgIpc) is 1.52. The number of furan rings is 1. The van der Waals surface area contributed by atoms with Crippen LogP contribution in [0.2, 0.25) is 0 Å². The minimum atomic E-state index is -0.357. The van der Waals surface area contributed by atoms with E-state index in [1.54, 1.807) is 0 Å². The standard InChI is InChI=1S/C77H78BN3O/c1-72(2,3)45-22-30-50(31-23-45)79(51-32-24-46(25-33-51)73(4,5)6)53-36-37-54-56-44-64-58(43-60(56)77(16,17)59(54)42-53)68-69-70-66(67-55-20-18-19-21-65(55)82-71(67)68)57-40-48(75(10,11)12)28-38-62(57)80(70)63-39-29-49(76(13,14)15)41-61(63)78(69)81(64)52-34-26-47(27-35-52)74(7,8)9/h18-44H,1-17H3. The summed E-state index contributed by atoms with van der Waals surface area (Å²) in [4.78, 5) is 5.17. The van der Waals surface area contributed by atoms with Crippen molar-refractivity contribution in [2.45, 2.75) is 150 Å². The van der Waals surface area contributed by atoms with Crippen LogP contribution in [-0.4, -0.2) is 11.4 Å². The SMILES string of the molecule is CC(C)(C)c1ccc(N2B3c4cc(C(C)(C)C)ccc4-n4c5ccc(C(C)(C)C)cc5c5c6c(oc7ccccc76)c(c3c54)-c3cc4c(cc32)-c2ccc(N(c3ccc(C(C)(C)C)cc3)c3ccc(C(C)(C)C)cc3)cc2C4(C)C)cc1. The van der Waals surface area contributed by atoms with Crippen LogP contribution in [0.1, 0.15) is 157 Å². The molecule has 0 amide bonds. The van der Waals surface area contributed by atoms with E-state index in [1.165, 1.54) is 116 Å². The van der Waals surface area contributed by atoms with Gasteiger partial charge in [-0.2, -0.15) is 0 Å². The van der Waals surface area contributed by atoms with Gasteiger partial charge in [0.1, 0.15) is 11.2 Å². The Bertz CT molecular complexity index is 4420. The van der Waals surface area contributed by atoms with E-state index in [0.717, 1.165) is 33.6 Å². The highest BCUT2D eigenvalue weighted by Gasteiger charge is 2.48. The third-order valence-electron chi connectivity index (χ3n) is 18.9. The Morgan fingerprint density at radius 1 is 0.439 bits per heavy atom. The molecule has 4 heterocycles. The Kier molecular flexibility index (Phi) is 11.0. The summed E-state index contributed by atoms with van der Waals surface area (Å²) in [5.74, 6) is 0. The summed E-state index contributed by atoms with van der Waals surface area (Å²) < 4.78 is 10.1. The second-order valence-corrected chi connectivity index (χ2v) is 29.9. The van der Waals surface area contributed by atoms with Crippen LogP contribution in [0.3, 0.4) is 0 Å². The predicted octanol–water partition coefficient (Wildman–Crippen LogP) is 20.2. The molecule has 0 unspecified atom stereocenters. The molecular formula is C77H78BN3O. The summed E-state index contributed by atoms with van der Waals surface area (Å²) in [6, 6.07) is 63.8. The van der Waals surface area contributed by atoms with Gasteiger partial charge in [0, 0.05) is 72.2 Å². The molecule has 3 aliphatic rings. The average molecular weight is 1070 g/mol. The first-order valence-electron chi connectivity index (χ1n) is 29.9. The van der Waals surface area contributed by atoms with E-state index >= 15 is 0 Å². The third kappa shape index (κ3) is 7.70. The molecule has 0 spiro atoms. The molecule has 410 valence electrons. The number of nitrogens with zero attached hydrogens (tertiary/aromatic N) is 3. The fourth-order valence-corrected chi connectivity index (χ4v) is 14.1. The molecule has 11 aromatic rings. The maximum atomic E-state index is 7.48. The van der Waals surface area contributed by atoms with E-state index in [1.807, 2.05) is 0 Å². The summed E-state index contributed by atoms with van der Waals surface area (Å²) in [5, 5.41) is 4.89. The van der Waals surface area contributed by atoms with E-state index in [-0.39, 0.29) is 39.3 Å². The van der Waals surface area contributed by atoms with Crippen molar-refractivity contribution in [2.24, 2.45) is 0 Å². The van der Waals surface area contributed by atoms with Crippen LogP contribution in [0, 0.1) is 0 Å². The zero-order valence-corrected chi connectivity index (χ0v) is 51.4. The molecule has 0 N–H and O–H groups in total. The fourth-order valence-electron chi connectivity index (χ4n) is 14.1. The van der Waals surface area contributed by atoms with Gasteiger partial charge in [0.15, 0.2) is 0 Å². The van der Waals surface area contributed by atoms with Gasteiger partial charge in [-0.1, -0.05) is 197 Å². The molecule has 0 fully saturated rings. The monoisotopic (exact) mass is 1070 g/mol. The van der Waals surface area contributed by atoms with Gasteiger partial charge in [0.05, 0.1) is 11.0 Å². The van der Waals surface area contributed by atoms with E-state index in [9.17, 15) is 0 Å². The molecular weight excluding hydrogens is 994 g/mol. The quantitative estimate of drug-likeness (QED) is 0.164. The number of aromatic nitrogens is 1. The van der Waals surface area contributed by atoms with Crippen molar-refractivity contribution >= 4 is 90.0 Å². The van der Waals surface area contributed by atoms with Gasteiger partial charge in [0.25, 0.3) is 0 Å². The van der Waals surface area contributed by atoms with E-state index in [4.69, 9.17) is 4.42 Å². The summed E-state index contributed by atoms with van der Waals surface area (Å²) in [7, 11) is 0. The minimum Gasteiger partial charge on any atom is -0.455 e. The first kappa shape index (κ1) is 52.3. The Balaban J connectivity index is 1.08. The van der Waals surface area contributed by atoms with Gasteiger partial charge in [0.2, 0.25) is 0 Å². The first-order chi connectivity index (χ1) is 38.6. The second-order valence-electron chi connectivity index (χ2n) is 29.9. The van der Waals surface area contributed by atoms with Crippen LogP contribution in [0.5, 0.6) is 0 Å². The van der Waals surface area contributed by atoms with Gasteiger partial charge in [-0.15, -0.1) is 0 Å². The van der Waals surface area contributed by atoms with Gasteiger partial charge >= 0.3 is 6.85 Å². The number of fused-ring (bicyclic) bond motifs is 16. The van der Waals surface area contributed by atoms with Crippen LogP contribution in [0.25, 0.3) is 71.7 Å². The minimum absolute atomic E-state index is 0.00774. The number of anilines is 5. The summed E-state index contributed by atoms with van der Waals surface area (Å²) in [6.07, 6.45) is 0. The third-order valence-corrected chi connectivity index (χ3v) is 18.9. The summed E-state index contributed by atoms with van der Waals surface area (Å²) in [6.45, 7) is 39.5. The number of hydrogen-bond acceptors (Lipinski definition) is 3. The normalized spacial score (nSPS) is 14.7. The van der Waals surface area contributed by atoms with E-state index < -0.39 is 0 Å². The molecule has 0 atom stereocenters. The molecule has 2 aromatic heterocycles. The fraction of sp³-hybridized carbons (Fsp3) is 0.299. The van der Waals surface area contributed by atoms with Crippen molar-refractivity contribution in [3.05, 3.63) is 203 Å². The first-order valence-corrected chi connectivity index (χ1v) is 29.9. The molecule has 0 bridgehead atoms. The van der Waals surface area contributed by atoms with Crippen LogP contribution >= 0.6 is 0 Å². The van der Waals surface area contributed by atoms with E-state index in [2.05, 4.69) is 296 Å². The highest BCUT2D eigenvalue weighted by Crippen LogP contribution is 2.58. The lowest BCUT2D eigenvalue weighted by Crippen LogP contribution is -2.60. The van der Waals surface area contributed by atoms with Crippen LogP contribution in [0.15, 0.2) is 168 Å². The van der Waals surface area contributed by atoms with Crippen molar-refractivity contribution in [1.82, 2.24) is 4.57 Å². The Morgan fingerprint density at radius 3 is 1.56 bits per heavy atom. The van der Waals surface area contributed by atoms with Crippen molar-refractivity contribution in [1.29, 1.82) is 0 Å². The van der Waals surface area contributed by atoms with Crippen LogP contribution in [0.4, 0.5) is 28.4 Å². The van der Waals surface area contributed by atoms with E-state index in [0.29, 0.717) is 0 Å². The van der Waals surface area contributed by atoms with Gasteiger partial charge in [-0.25, -0.2) is 0 Å². The lowest BCUT2D eigenvalue weighted by molar-refractivity contribution is 0.590. The molecule has 0 saturated carbocycles. The topological polar surface area (TPSA) is 24.6 Å². The van der Waals surface area contributed by atoms with Crippen molar-refractivity contribution < 1.29 is 4.42 Å². The van der Waals surface area contributed by atoms with Crippen molar-refractivity contribution in [2.75, 3.05) is 9.71 Å². The molecule has 0 saturated heterocycles. The summed E-state index contributed by atoms with van der Waals surface area (Å²) >= 11 is 0. The molecule has 82 heavy (non-hydrogen) atoms. The van der Waals surface area contributed by atoms with Crippen LogP contribution in [-0.2, 0) is 32.5 Å². The molecule has 5 heteroatoms. The number of para-hydroxylation sites is 1. The van der Waals surface area contributed by atoms with Crippen molar-refractivity contribution in [3.63, 3.8) is 0 Å². The molecule has 14 rings (SSSR count). The smallest absolute Gasteiger partial charge is 0.333 e. The zero-order valence-electron chi connectivity index (χ0n) is 51.4. The maximum Gasteiger partial charge on any atom is 0.333 e. The highest BCUT2D eigenvalue weighted by molar-refractivity contribution is 6.94. The zero-order chi connectivity index (χ0) is 57.7. The Labute approximate surface area is 486 Å². The Hall–Kier alpha value is -7.76. The van der Waals surface area contributed by atoms with Gasteiger partial charge in [-0.3, -0.25) is 0 Å². The predicted molar refractivity (Wildman–Crippen MR) is 353 cm³/mol. The Morgan fingerprint density at radius 2 is 0.963 bits per heavy atom. The second kappa shape index (κ2) is 17.2. The number of benzene rings is 9. The lowest BCUT2D eigenvalue weighted by atomic mass is 9.43. The molecule has 0 radical (unpaired) electrons.